The van der Waals surface area contributed by atoms with Crippen molar-refractivity contribution >= 4 is 49.4 Å². The van der Waals surface area contributed by atoms with Gasteiger partial charge in [-0.2, -0.15) is 0 Å². The van der Waals surface area contributed by atoms with Crippen molar-refractivity contribution in [1.29, 1.82) is 0 Å². The molecule has 5 nitrogen and oxygen atoms in total. The van der Waals surface area contributed by atoms with Crippen LogP contribution < -0.4 is 0 Å². The highest BCUT2D eigenvalue weighted by atomic mass is 15.1. The van der Waals surface area contributed by atoms with E-state index in [1.807, 2.05) is 12.4 Å². The van der Waals surface area contributed by atoms with Crippen LogP contribution in [0.3, 0.4) is 0 Å². The lowest BCUT2D eigenvalue weighted by atomic mass is 9.75. The van der Waals surface area contributed by atoms with Crippen LogP contribution in [0.2, 0.25) is 0 Å². The molecule has 4 aromatic carbocycles. The van der Waals surface area contributed by atoms with Gasteiger partial charge in [0.2, 0.25) is 0 Å². The molecular weight excluding hydrogens is 550 g/mol. The largest absolute Gasteiger partial charge is 0.307 e. The van der Waals surface area contributed by atoms with Crippen molar-refractivity contribution < 1.29 is 0 Å². The second kappa shape index (κ2) is 8.57. The van der Waals surface area contributed by atoms with Crippen LogP contribution in [0.15, 0.2) is 85.2 Å². The molecule has 0 aliphatic carbocycles. The number of rotatable bonds is 1. The number of aryl methyl sites for hydroxylation is 2. The first-order valence-electron chi connectivity index (χ1n) is 15.8. The molecule has 8 aromatic rings. The number of nitrogens with zero attached hydrogens (tertiary/aromatic N) is 5. The average molecular weight is 586 g/mol. The fourth-order valence-corrected chi connectivity index (χ4v) is 7.69. The maximum atomic E-state index is 5.47. The third kappa shape index (κ3) is 3.41. The summed E-state index contributed by atoms with van der Waals surface area (Å²) in [6.07, 6.45) is 3.93. The summed E-state index contributed by atoms with van der Waals surface area (Å²) < 4.78 is 4.70. The van der Waals surface area contributed by atoms with Crippen molar-refractivity contribution in [3.8, 4) is 16.8 Å². The highest BCUT2D eigenvalue weighted by Crippen LogP contribution is 2.48. The molecule has 1 aliphatic heterocycles. The second-order valence-electron chi connectivity index (χ2n) is 14.4. The number of benzene rings is 4. The highest BCUT2D eigenvalue weighted by molar-refractivity contribution is 6.13. The van der Waals surface area contributed by atoms with E-state index < -0.39 is 0 Å². The van der Waals surface area contributed by atoms with Gasteiger partial charge in [-0.3, -0.25) is 9.38 Å². The predicted octanol–water partition coefficient (Wildman–Crippen LogP) is 9.75. The van der Waals surface area contributed by atoms with Gasteiger partial charge in [0.05, 0.1) is 39.5 Å². The Kier molecular flexibility index (Phi) is 5.02. The zero-order chi connectivity index (χ0) is 31.0. The molecule has 0 atom stereocenters. The molecule has 1 aliphatic rings. The maximum Gasteiger partial charge on any atom is 0.148 e. The van der Waals surface area contributed by atoms with E-state index in [1.54, 1.807) is 0 Å². The molecule has 45 heavy (non-hydrogen) atoms. The molecule has 4 aromatic heterocycles. The van der Waals surface area contributed by atoms with Gasteiger partial charge in [0.1, 0.15) is 11.5 Å². The van der Waals surface area contributed by atoms with E-state index in [0.29, 0.717) is 0 Å². The minimum atomic E-state index is -0.191. The van der Waals surface area contributed by atoms with Gasteiger partial charge >= 0.3 is 0 Å². The minimum Gasteiger partial charge on any atom is -0.307 e. The fourth-order valence-electron chi connectivity index (χ4n) is 7.69. The molecule has 0 unspecified atom stereocenters. The van der Waals surface area contributed by atoms with Crippen molar-refractivity contribution in [1.82, 2.24) is 23.9 Å². The maximum absolute atomic E-state index is 5.47. The van der Waals surface area contributed by atoms with Crippen LogP contribution in [0.5, 0.6) is 0 Å². The van der Waals surface area contributed by atoms with Crippen molar-refractivity contribution in [2.75, 3.05) is 0 Å². The molecule has 0 bridgehead atoms. The summed E-state index contributed by atoms with van der Waals surface area (Å²) in [5.41, 5.74) is 14.8. The lowest BCUT2D eigenvalue weighted by Crippen LogP contribution is -2.26. The Labute approximate surface area is 262 Å². The predicted molar refractivity (Wildman–Crippen MR) is 186 cm³/mol. The molecule has 5 heterocycles. The van der Waals surface area contributed by atoms with Crippen molar-refractivity contribution in [3.63, 3.8) is 0 Å². The lowest BCUT2D eigenvalue weighted by Gasteiger charge is -2.34. The third-order valence-electron chi connectivity index (χ3n) is 10.1. The Morgan fingerprint density at radius 2 is 1.51 bits per heavy atom. The summed E-state index contributed by atoms with van der Waals surface area (Å²) >= 11 is 0. The number of imidazole rings is 1. The molecule has 0 saturated heterocycles. The Morgan fingerprint density at radius 1 is 0.733 bits per heavy atom. The van der Waals surface area contributed by atoms with Gasteiger partial charge in [-0.15, -0.1) is 0 Å². The summed E-state index contributed by atoms with van der Waals surface area (Å²) in [4.78, 5) is 15.2. The average Bonchev–Trinajstić information content (AvgIpc) is 3.55. The van der Waals surface area contributed by atoms with Crippen LogP contribution >= 0.6 is 0 Å². The molecule has 0 fully saturated rings. The summed E-state index contributed by atoms with van der Waals surface area (Å²) in [7, 11) is 0. The van der Waals surface area contributed by atoms with Crippen LogP contribution in [0.4, 0.5) is 0 Å². The van der Waals surface area contributed by atoms with Gasteiger partial charge in [0.15, 0.2) is 0 Å². The first-order valence-corrected chi connectivity index (χ1v) is 15.8. The third-order valence-corrected chi connectivity index (χ3v) is 10.1. The summed E-state index contributed by atoms with van der Waals surface area (Å²) in [5, 5.41) is 3.57. The van der Waals surface area contributed by atoms with Crippen LogP contribution in [0.1, 0.15) is 62.7 Å². The van der Waals surface area contributed by atoms with Crippen molar-refractivity contribution in [2.45, 2.75) is 59.3 Å². The molecule has 5 heteroatoms. The Morgan fingerprint density at radius 3 is 2.33 bits per heavy atom. The van der Waals surface area contributed by atoms with Crippen LogP contribution in [0, 0.1) is 13.8 Å². The Bertz CT molecular complexity index is 2570. The highest BCUT2D eigenvalue weighted by Gasteiger charge is 2.35. The smallest absolute Gasteiger partial charge is 0.148 e. The molecule has 0 amide bonds. The van der Waals surface area contributed by atoms with Crippen LogP contribution in [-0.2, 0) is 10.8 Å². The molecule has 9 rings (SSSR count). The molecule has 0 N–H and O–H groups in total. The molecule has 0 saturated carbocycles. The Hall–Kier alpha value is -5.03. The van der Waals surface area contributed by atoms with Gasteiger partial charge in [-0.05, 0) is 78.1 Å². The van der Waals surface area contributed by atoms with Crippen molar-refractivity contribution in [2.24, 2.45) is 0 Å². The number of hydrogen-bond donors (Lipinski definition) is 0. The summed E-state index contributed by atoms with van der Waals surface area (Å²) in [5.74, 6) is 1.02. The van der Waals surface area contributed by atoms with E-state index >= 15 is 0 Å². The normalized spacial score (nSPS) is 14.3. The van der Waals surface area contributed by atoms with Crippen LogP contribution in [-0.4, -0.2) is 23.9 Å². The number of hydrogen-bond acceptors (Lipinski definition) is 3. The fraction of sp³-hybridized carbons (Fsp3) is 0.225. The van der Waals surface area contributed by atoms with E-state index in [2.05, 4.69) is 135 Å². The molecule has 220 valence electrons. The number of fused-ring (bicyclic) bond motifs is 10. The van der Waals surface area contributed by atoms with E-state index in [0.717, 1.165) is 50.2 Å². The standard InChI is InChI=1S/C40H35N5/c1-22-18-31-33(19-23(22)2)45-37(42-31)27-12-8-10-25(35(27)43-38(45)39(3,4)5)24-14-15-32-28(20-24)26-11-9-13-30-36(26)44(32)34-21-41-17-16-29(34)40(30,6)7/h8-21H,1-7H3. The van der Waals surface area contributed by atoms with Gasteiger partial charge in [0, 0.05) is 38.7 Å². The van der Waals surface area contributed by atoms with E-state index in [4.69, 9.17) is 9.97 Å². The monoisotopic (exact) mass is 585 g/mol. The summed E-state index contributed by atoms with van der Waals surface area (Å²) in [6.45, 7) is 15.7. The molecule has 0 radical (unpaired) electrons. The van der Waals surface area contributed by atoms with E-state index in [-0.39, 0.29) is 10.8 Å². The number of pyridine rings is 1. The lowest BCUT2D eigenvalue weighted by molar-refractivity contribution is 0.542. The SMILES string of the molecule is Cc1cc2nc3c4cccc(-c5ccc6c(c5)c5cccc7c5n6-c5cnccc5C7(C)C)c4nc(C(C)(C)C)n3c2cc1C. The zero-order valence-corrected chi connectivity index (χ0v) is 26.8. The molecular formula is C40H35N5. The first-order chi connectivity index (χ1) is 21.5. The zero-order valence-electron chi connectivity index (χ0n) is 26.8. The quantitative estimate of drug-likeness (QED) is 0.193. The van der Waals surface area contributed by atoms with Gasteiger partial charge in [-0.1, -0.05) is 71.0 Å². The number of aromatic nitrogens is 5. The number of para-hydroxylation sites is 2. The van der Waals surface area contributed by atoms with Gasteiger partial charge in [-0.25, -0.2) is 9.97 Å². The van der Waals surface area contributed by atoms with E-state index in [9.17, 15) is 0 Å². The first kappa shape index (κ1) is 26.4. The summed E-state index contributed by atoms with van der Waals surface area (Å²) in [6, 6.07) is 26.8. The van der Waals surface area contributed by atoms with Gasteiger partial charge in [0.25, 0.3) is 0 Å². The minimum absolute atomic E-state index is 0.121. The molecule has 0 spiro atoms. The van der Waals surface area contributed by atoms with Crippen molar-refractivity contribution in [3.05, 3.63) is 113 Å². The van der Waals surface area contributed by atoms with Crippen LogP contribution in [0.25, 0.3) is 66.2 Å². The van der Waals surface area contributed by atoms with Gasteiger partial charge < -0.3 is 4.57 Å². The van der Waals surface area contributed by atoms with E-state index in [1.165, 1.54) is 44.1 Å². The Balaban J connectivity index is 1.36. The second-order valence-corrected chi connectivity index (χ2v) is 14.4. The topological polar surface area (TPSA) is 48.0 Å².